The molecule has 1 saturated carbocycles. The number of fused-ring (bicyclic) bond motifs is 2. The molecule has 0 aromatic carbocycles. The Morgan fingerprint density at radius 1 is 1.00 bits per heavy atom. The zero-order valence-electron chi connectivity index (χ0n) is 11.5. The number of hydrogen-bond donors (Lipinski definition) is 1. The second kappa shape index (κ2) is 5.20. The summed E-state index contributed by atoms with van der Waals surface area (Å²) in [6, 6.07) is 1.85. The van der Waals surface area contributed by atoms with E-state index in [2.05, 4.69) is 10.2 Å². The molecule has 0 spiro atoms. The minimum absolute atomic E-state index is 0.330. The zero-order chi connectivity index (χ0) is 12.5. The van der Waals surface area contributed by atoms with Crippen molar-refractivity contribution in [3.63, 3.8) is 0 Å². The third-order valence-electron chi connectivity index (χ3n) is 5.30. The van der Waals surface area contributed by atoms with Gasteiger partial charge >= 0.3 is 0 Å². The minimum Gasteiger partial charge on any atom is -0.342 e. The fraction of sp³-hybridized carbons (Fsp3) is 0.933. The third kappa shape index (κ3) is 2.42. The number of nitrogens with zero attached hydrogens (tertiary/aromatic N) is 1. The maximum Gasteiger partial charge on any atom is 0.225 e. The molecule has 102 valence electrons. The Balaban J connectivity index is 1.59. The SMILES string of the molecule is CN(C(=O)C1CCCCC1)C1CC2CCC(C1)N2. The molecule has 1 N–H and O–H groups in total. The Kier molecular flexibility index (Phi) is 3.60. The lowest BCUT2D eigenvalue weighted by Gasteiger charge is -2.37. The van der Waals surface area contributed by atoms with Gasteiger partial charge in [-0.1, -0.05) is 19.3 Å². The monoisotopic (exact) mass is 250 g/mol. The molecule has 2 saturated heterocycles. The molecule has 2 bridgehead atoms. The van der Waals surface area contributed by atoms with Crippen LogP contribution in [0.1, 0.15) is 57.8 Å². The molecule has 2 unspecified atom stereocenters. The summed E-state index contributed by atoms with van der Waals surface area (Å²) >= 11 is 0. The lowest BCUT2D eigenvalue weighted by atomic mass is 9.87. The van der Waals surface area contributed by atoms with Crippen molar-refractivity contribution in [1.82, 2.24) is 10.2 Å². The van der Waals surface area contributed by atoms with E-state index in [0.717, 1.165) is 12.8 Å². The van der Waals surface area contributed by atoms with Gasteiger partial charge in [-0.2, -0.15) is 0 Å². The molecular formula is C15H26N2O. The van der Waals surface area contributed by atoms with Gasteiger partial charge in [-0.25, -0.2) is 0 Å². The van der Waals surface area contributed by atoms with Crippen LogP contribution < -0.4 is 5.32 Å². The smallest absolute Gasteiger partial charge is 0.225 e. The summed E-state index contributed by atoms with van der Waals surface area (Å²) in [5.41, 5.74) is 0. The molecule has 3 rings (SSSR count). The summed E-state index contributed by atoms with van der Waals surface area (Å²) in [5.74, 6) is 0.761. The summed E-state index contributed by atoms with van der Waals surface area (Å²) in [5, 5.41) is 3.66. The van der Waals surface area contributed by atoms with Crippen LogP contribution in [0.2, 0.25) is 0 Å². The average molecular weight is 250 g/mol. The topological polar surface area (TPSA) is 32.3 Å². The van der Waals surface area contributed by atoms with Gasteiger partial charge < -0.3 is 10.2 Å². The molecule has 18 heavy (non-hydrogen) atoms. The summed E-state index contributed by atoms with van der Waals surface area (Å²) in [6.45, 7) is 0. The number of hydrogen-bond acceptors (Lipinski definition) is 2. The Morgan fingerprint density at radius 2 is 1.61 bits per heavy atom. The van der Waals surface area contributed by atoms with Crippen molar-refractivity contribution < 1.29 is 4.79 Å². The van der Waals surface area contributed by atoms with Crippen LogP contribution in [-0.4, -0.2) is 36.0 Å². The first kappa shape index (κ1) is 12.5. The molecule has 3 fully saturated rings. The van der Waals surface area contributed by atoms with Gasteiger partial charge in [0.25, 0.3) is 0 Å². The first-order valence-electron chi connectivity index (χ1n) is 7.77. The molecule has 1 amide bonds. The number of piperidine rings is 1. The summed E-state index contributed by atoms with van der Waals surface area (Å²) in [7, 11) is 2.05. The lowest BCUT2D eigenvalue weighted by molar-refractivity contribution is -0.138. The lowest BCUT2D eigenvalue weighted by Crippen LogP contribution is -2.50. The highest BCUT2D eigenvalue weighted by Crippen LogP contribution is 2.31. The standard InChI is InChI=1S/C15H26N2O/c1-17(15(18)11-5-3-2-4-6-11)14-9-12-7-8-13(10-14)16-12/h11-14,16H,2-10H2,1H3. The molecule has 2 heterocycles. The highest BCUT2D eigenvalue weighted by atomic mass is 16.2. The fourth-order valence-corrected chi connectivity index (χ4v) is 4.16. The van der Waals surface area contributed by atoms with Gasteiger partial charge in [0.05, 0.1) is 0 Å². The van der Waals surface area contributed by atoms with Gasteiger partial charge in [-0.3, -0.25) is 4.79 Å². The van der Waals surface area contributed by atoms with Gasteiger partial charge in [0.2, 0.25) is 5.91 Å². The third-order valence-corrected chi connectivity index (χ3v) is 5.30. The van der Waals surface area contributed by atoms with Crippen molar-refractivity contribution in [3.8, 4) is 0 Å². The molecule has 0 radical (unpaired) electrons. The molecule has 1 aliphatic carbocycles. The van der Waals surface area contributed by atoms with Crippen LogP contribution in [0.25, 0.3) is 0 Å². The Labute approximate surface area is 110 Å². The van der Waals surface area contributed by atoms with E-state index in [0.29, 0.717) is 30.0 Å². The molecule has 3 aliphatic rings. The van der Waals surface area contributed by atoms with Gasteiger partial charge in [-0.05, 0) is 38.5 Å². The molecule has 3 nitrogen and oxygen atoms in total. The van der Waals surface area contributed by atoms with Gasteiger partial charge in [0.15, 0.2) is 0 Å². The van der Waals surface area contributed by atoms with Crippen LogP contribution in [0.4, 0.5) is 0 Å². The van der Waals surface area contributed by atoms with Crippen LogP contribution in [-0.2, 0) is 4.79 Å². The van der Waals surface area contributed by atoms with E-state index in [9.17, 15) is 4.79 Å². The normalized spacial score (nSPS) is 36.6. The summed E-state index contributed by atoms with van der Waals surface area (Å²) in [6.07, 6.45) is 11.0. The van der Waals surface area contributed by atoms with Crippen LogP contribution in [0.15, 0.2) is 0 Å². The Hall–Kier alpha value is -0.570. The van der Waals surface area contributed by atoms with E-state index >= 15 is 0 Å². The van der Waals surface area contributed by atoms with Crippen molar-refractivity contribution in [1.29, 1.82) is 0 Å². The van der Waals surface area contributed by atoms with Crippen molar-refractivity contribution >= 4 is 5.91 Å². The van der Waals surface area contributed by atoms with Crippen LogP contribution in [0.3, 0.4) is 0 Å². The molecule has 2 aliphatic heterocycles. The van der Waals surface area contributed by atoms with Crippen molar-refractivity contribution in [2.24, 2.45) is 5.92 Å². The Morgan fingerprint density at radius 3 is 2.22 bits per heavy atom. The molecule has 0 aromatic rings. The molecule has 2 atom stereocenters. The average Bonchev–Trinajstić information content (AvgIpc) is 2.77. The fourth-order valence-electron chi connectivity index (χ4n) is 4.16. The van der Waals surface area contributed by atoms with E-state index in [1.54, 1.807) is 0 Å². The Bertz CT molecular complexity index is 300. The highest BCUT2D eigenvalue weighted by molar-refractivity contribution is 5.79. The first-order valence-corrected chi connectivity index (χ1v) is 7.77. The molecular weight excluding hydrogens is 224 g/mol. The highest BCUT2D eigenvalue weighted by Gasteiger charge is 2.37. The van der Waals surface area contributed by atoms with Crippen LogP contribution >= 0.6 is 0 Å². The number of nitrogens with one attached hydrogen (secondary N) is 1. The summed E-state index contributed by atoms with van der Waals surface area (Å²) < 4.78 is 0. The minimum atomic E-state index is 0.330. The van der Waals surface area contributed by atoms with Crippen LogP contribution in [0, 0.1) is 5.92 Å². The maximum absolute atomic E-state index is 12.5. The van der Waals surface area contributed by atoms with Gasteiger partial charge in [-0.15, -0.1) is 0 Å². The number of rotatable bonds is 2. The summed E-state index contributed by atoms with van der Waals surface area (Å²) in [4.78, 5) is 14.6. The number of amides is 1. The van der Waals surface area contributed by atoms with E-state index < -0.39 is 0 Å². The number of carbonyl (C=O) groups is 1. The molecule has 0 aromatic heterocycles. The predicted molar refractivity (Wildman–Crippen MR) is 72.3 cm³/mol. The first-order chi connectivity index (χ1) is 8.74. The zero-order valence-corrected chi connectivity index (χ0v) is 11.5. The van der Waals surface area contributed by atoms with Crippen molar-refractivity contribution in [2.45, 2.75) is 75.9 Å². The second-order valence-corrected chi connectivity index (χ2v) is 6.55. The quantitative estimate of drug-likeness (QED) is 0.815. The predicted octanol–water partition coefficient (Wildman–Crippen LogP) is 2.31. The van der Waals surface area contributed by atoms with Gasteiger partial charge in [0, 0.05) is 31.1 Å². The second-order valence-electron chi connectivity index (χ2n) is 6.55. The molecule has 3 heteroatoms. The van der Waals surface area contributed by atoms with E-state index in [-0.39, 0.29) is 0 Å². The van der Waals surface area contributed by atoms with E-state index in [1.165, 1.54) is 44.9 Å². The van der Waals surface area contributed by atoms with Crippen LogP contribution in [0.5, 0.6) is 0 Å². The maximum atomic E-state index is 12.5. The van der Waals surface area contributed by atoms with Crippen molar-refractivity contribution in [2.75, 3.05) is 7.05 Å². The van der Waals surface area contributed by atoms with Gasteiger partial charge in [0.1, 0.15) is 0 Å². The van der Waals surface area contributed by atoms with E-state index in [1.807, 2.05) is 7.05 Å². The van der Waals surface area contributed by atoms with E-state index in [4.69, 9.17) is 0 Å². The largest absolute Gasteiger partial charge is 0.342 e. The number of carbonyl (C=O) groups excluding carboxylic acids is 1. The van der Waals surface area contributed by atoms with Crippen molar-refractivity contribution in [3.05, 3.63) is 0 Å².